The standard InChI is InChI=1S/C17H18ClNO/c1-13(14-7-3-2-4-8-14)11-17(20)19-12-15-9-5-6-10-16(15)18/h2-10,13H,11-12H2,1H3,(H,19,20)/t13-/m0/s1. The van der Waals surface area contributed by atoms with Crippen molar-refractivity contribution in [3.05, 3.63) is 70.7 Å². The van der Waals surface area contributed by atoms with Crippen LogP contribution < -0.4 is 5.32 Å². The first-order valence-electron chi connectivity index (χ1n) is 6.72. The zero-order valence-corrected chi connectivity index (χ0v) is 12.2. The maximum Gasteiger partial charge on any atom is 0.220 e. The molecule has 2 aromatic carbocycles. The lowest BCUT2D eigenvalue weighted by molar-refractivity contribution is -0.121. The Kier molecular flexibility index (Phi) is 5.19. The molecule has 0 saturated carbocycles. The van der Waals surface area contributed by atoms with Crippen molar-refractivity contribution < 1.29 is 4.79 Å². The maximum absolute atomic E-state index is 12.0. The summed E-state index contributed by atoms with van der Waals surface area (Å²) in [4.78, 5) is 12.0. The van der Waals surface area contributed by atoms with Crippen LogP contribution in [0.15, 0.2) is 54.6 Å². The third kappa shape index (κ3) is 4.10. The van der Waals surface area contributed by atoms with Crippen LogP contribution in [0.3, 0.4) is 0 Å². The Labute approximate surface area is 124 Å². The average molecular weight is 288 g/mol. The minimum atomic E-state index is 0.0428. The number of carbonyl (C=O) groups is 1. The largest absolute Gasteiger partial charge is 0.352 e. The molecule has 0 radical (unpaired) electrons. The number of amides is 1. The van der Waals surface area contributed by atoms with Crippen molar-refractivity contribution in [2.24, 2.45) is 0 Å². The molecule has 0 unspecified atom stereocenters. The molecule has 2 nitrogen and oxygen atoms in total. The van der Waals surface area contributed by atoms with Gasteiger partial charge >= 0.3 is 0 Å². The lowest BCUT2D eigenvalue weighted by atomic mass is 9.97. The first-order valence-corrected chi connectivity index (χ1v) is 7.09. The van der Waals surface area contributed by atoms with Crippen molar-refractivity contribution in [2.75, 3.05) is 0 Å². The fourth-order valence-corrected chi connectivity index (χ4v) is 2.29. The van der Waals surface area contributed by atoms with E-state index in [1.807, 2.05) is 54.6 Å². The lowest BCUT2D eigenvalue weighted by Gasteiger charge is -2.12. The van der Waals surface area contributed by atoms with Crippen molar-refractivity contribution in [2.45, 2.75) is 25.8 Å². The molecule has 2 aromatic rings. The molecule has 3 heteroatoms. The fraction of sp³-hybridized carbons (Fsp3) is 0.235. The Morgan fingerprint density at radius 2 is 1.75 bits per heavy atom. The van der Waals surface area contributed by atoms with Crippen LogP contribution in [0.5, 0.6) is 0 Å². The van der Waals surface area contributed by atoms with E-state index in [1.165, 1.54) is 5.56 Å². The van der Waals surface area contributed by atoms with Crippen LogP contribution in [-0.4, -0.2) is 5.91 Å². The van der Waals surface area contributed by atoms with Gasteiger partial charge in [0.1, 0.15) is 0 Å². The van der Waals surface area contributed by atoms with Gasteiger partial charge in [0.25, 0.3) is 0 Å². The molecule has 1 N–H and O–H groups in total. The Morgan fingerprint density at radius 1 is 1.10 bits per heavy atom. The second kappa shape index (κ2) is 7.11. The van der Waals surface area contributed by atoms with Gasteiger partial charge in [-0.15, -0.1) is 0 Å². The predicted octanol–water partition coefficient (Wildman–Crippen LogP) is 4.15. The zero-order chi connectivity index (χ0) is 14.4. The van der Waals surface area contributed by atoms with Gasteiger partial charge in [-0.2, -0.15) is 0 Å². The number of hydrogen-bond donors (Lipinski definition) is 1. The summed E-state index contributed by atoms with van der Waals surface area (Å²) in [7, 11) is 0. The summed E-state index contributed by atoms with van der Waals surface area (Å²) in [5.41, 5.74) is 2.12. The molecule has 0 aliphatic rings. The van der Waals surface area contributed by atoms with E-state index in [4.69, 9.17) is 11.6 Å². The summed E-state index contributed by atoms with van der Waals surface area (Å²) in [6.07, 6.45) is 0.481. The van der Waals surface area contributed by atoms with E-state index in [9.17, 15) is 4.79 Å². The summed E-state index contributed by atoms with van der Waals surface area (Å²) in [6.45, 7) is 2.53. The van der Waals surface area contributed by atoms with Gasteiger partial charge in [-0.05, 0) is 23.1 Å². The van der Waals surface area contributed by atoms with Crippen LogP contribution >= 0.6 is 11.6 Å². The van der Waals surface area contributed by atoms with Gasteiger partial charge in [-0.25, -0.2) is 0 Å². The summed E-state index contributed by atoms with van der Waals surface area (Å²) >= 11 is 6.06. The van der Waals surface area contributed by atoms with Crippen LogP contribution in [0.4, 0.5) is 0 Å². The van der Waals surface area contributed by atoms with Crippen LogP contribution in [-0.2, 0) is 11.3 Å². The van der Waals surface area contributed by atoms with Crippen LogP contribution in [0, 0.1) is 0 Å². The molecular formula is C17H18ClNO. The van der Waals surface area contributed by atoms with Gasteiger partial charge in [0, 0.05) is 18.0 Å². The second-order valence-electron chi connectivity index (χ2n) is 4.88. The average Bonchev–Trinajstić information content (AvgIpc) is 2.47. The van der Waals surface area contributed by atoms with Gasteiger partial charge in [0.05, 0.1) is 0 Å². The first kappa shape index (κ1) is 14.6. The van der Waals surface area contributed by atoms with E-state index in [0.29, 0.717) is 18.0 Å². The monoisotopic (exact) mass is 287 g/mol. The molecule has 104 valence electrons. The summed E-state index contributed by atoms with van der Waals surface area (Å²) < 4.78 is 0. The molecule has 0 bridgehead atoms. The van der Waals surface area contributed by atoms with E-state index < -0.39 is 0 Å². The molecule has 1 amide bonds. The topological polar surface area (TPSA) is 29.1 Å². The van der Waals surface area contributed by atoms with Gasteiger partial charge in [-0.3, -0.25) is 4.79 Å². The smallest absolute Gasteiger partial charge is 0.220 e. The molecular weight excluding hydrogens is 270 g/mol. The Bertz CT molecular complexity index is 568. The van der Waals surface area contributed by atoms with E-state index >= 15 is 0 Å². The molecule has 20 heavy (non-hydrogen) atoms. The molecule has 0 aromatic heterocycles. The molecule has 0 aliphatic carbocycles. The van der Waals surface area contributed by atoms with Crippen LogP contribution in [0.25, 0.3) is 0 Å². The van der Waals surface area contributed by atoms with Crippen LogP contribution in [0.1, 0.15) is 30.4 Å². The third-order valence-corrected chi connectivity index (χ3v) is 3.66. The fourth-order valence-electron chi connectivity index (χ4n) is 2.09. The quantitative estimate of drug-likeness (QED) is 0.879. The molecule has 0 heterocycles. The lowest BCUT2D eigenvalue weighted by Crippen LogP contribution is -2.24. The number of halogens is 1. The molecule has 0 spiro atoms. The molecule has 0 saturated heterocycles. The van der Waals surface area contributed by atoms with E-state index in [-0.39, 0.29) is 11.8 Å². The first-order chi connectivity index (χ1) is 9.66. The summed E-state index contributed by atoms with van der Waals surface area (Å²) in [5, 5.41) is 3.60. The van der Waals surface area contributed by atoms with E-state index in [0.717, 1.165) is 5.56 Å². The third-order valence-electron chi connectivity index (χ3n) is 3.29. The zero-order valence-electron chi connectivity index (χ0n) is 11.5. The Hall–Kier alpha value is -1.80. The predicted molar refractivity (Wildman–Crippen MR) is 82.8 cm³/mol. The number of benzene rings is 2. The Balaban J connectivity index is 1.86. The molecule has 1 atom stereocenters. The number of carbonyl (C=O) groups excluding carboxylic acids is 1. The highest BCUT2D eigenvalue weighted by Crippen LogP contribution is 2.19. The molecule has 0 fully saturated rings. The van der Waals surface area contributed by atoms with Crippen molar-refractivity contribution >= 4 is 17.5 Å². The Morgan fingerprint density at radius 3 is 2.45 bits per heavy atom. The van der Waals surface area contributed by atoms with Crippen LogP contribution in [0.2, 0.25) is 5.02 Å². The van der Waals surface area contributed by atoms with Gasteiger partial charge < -0.3 is 5.32 Å². The minimum absolute atomic E-state index is 0.0428. The summed E-state index contributed by atoms with van der Waals surface area (Å²) in [6, 6.07) is 17.6. The highest BCUT2D eigenvalue weighted by Gasteiger charge is 2.11. The SMILES string of the molecule is C[C@@H](CC(=O)NCc1ccccc1Cl)c1ccccc1. The second-order valence-corrected chi connectivity index (χ2v) is 5.29. The van der Waals surface area contributed by atoms with Crippen molar-refractivity contribution in [3.63, 3.8) is 0 Å². The number of nitrogens with one attached hydrogen (secondary N) is 1. The van der Waals surface area contributed by atoms with E-state index in [1.54, 1.807) is 0 Å². The maximum atomic E-state index is 12.0. The summed E-state index contributed by atoms with van der Waals surface area (Å²) in [5.74, 6) is 0.253. The minimum Gasteiger partial charge on any atom is -0.352 e. The van der Waals surface area contributed by atoms with Crippen molar-refractivity contribution in [1.29, 1.82) is 0 Å². The highest BCUT2D eigenvalue weighted by atomic mass is 35.5. The van der Waals surface area contributed by atoms with Crippen molar-refractivity contribution in [1.82, 2.24) is 5.32 Å². The van der Waals surface area contributed by atoms with Crippen molar-refractivity contribution in [3.8, 4) is 0 Å². The molecule has 2 rings (SSSR count). The number of rotatable bonds is 5. The van der Waals surface area contributed by atoms with Gasteiger partial charge in [0.2, 0.25) is 5.91 Å². The highest BCUT2D eigenvalue weighted by molar-refractivity contribution is 6.31. The molecule has 0 aliphatic heterocycles. The van der Waals surface area contributed by atoms with E-state index in [2.05, 4.69) is 12.2 Å². The number of hydrogen-bond acceptors (Lipinski definition) is 1. The van der Waals surface area contributed by atoms with Gasteiger partial charge in [-0.1, -0.05) is 67.1 Å². The normalized spacial score (nSPS) is 11.9. The van der Waals surface area contributed by atoms with Gasteiger partial charge in [0.15, 0.2) is 0 Å².